The second-order valence-electron chi connectivity index (χ2n) is 4.70. The Morgan fingerprint density at radius 1 is 1.24 bits per heavy atom. The molecule has 0 aromatic carbocycles. The number of carbonyl (C=O) groups is 3. The molecule has 2 amide bonds. The van der Waals surface area contributed by atoms with Crippen molar-refractivity contribution < 1.29 is 19.5 Å². The Balaban J connectivity index is 3.06. The summed E-state index contributed by atoms with van der Waals surface area (Å²) in [5.74, 6) is -1.69. The van der Waals surface area contributed by atoms with Gasteiger partial charge in [0.1, 0.15) is 5.69 Å². The lowest BCUT2D eigenvalue weighted by Gasteiger charge is -2.20. The predicted octanol–water partition coefficient (Wildman–Crippen LogP) is 0.928. The molecule has 0 aliphatic carbocycles. The highest BCUT2D eigenvalue weighted by Gasteiger charge is 2.25. The van der Waals surface area contributed by atoms with Gasteiger partial charge < -0.3 is 20.3 Å². The van der Waals surface area contributed by atoms with E-state index in [-0.39, 0.29) is 24.1 Å². The van der Waals surface area contributed by atoms with Crippen molar-refractivity contribution in [2.24, 2.45) is 0 Å². The van der Waals surface area contributed by atoms with Crippen molar-refractivity contribution in [1.29, 1.82) is 0 Å². The van der Waals surface area contributed by atoms with Crippen molar-refractivity contribution >= 4 is 17.8 Å². The number of aromatic nitrogens is 1. The molecule has 0 aliphatic rings. The molecule has 0 saturated carbocycles. The van der Waals surface area contributed by atoms with Crippen LogP contribution in [0.4, 0.5) is 0 Å². The molecular formula is C14H21N3O4. The Labute approximate surface area is 123 Å². The first-order chi connectivity index (χ1) is 9.83. The van der Waals surface area contributed by atoms with Crippen molar-refractivity contribution in [3.8, 4) is 0 Å². The fourth-order valence-corrected chi connectivity index (χ4v) is 2.20. The van der Waals surface area contributed by atoms with Gasteiger partial charge >= 0.3 is 5.97 Å². The van der Waals surface area contributed by atoms with Gasteiger partial charge in [-0.3, -0.25) is 9.59 Å². The highest BCUT2D eigenvalue weighted by atomic mass is 16.4. The summed E-state index contributed by atoms with van der Waals surface area (Å²) in [6.07, 6.45) is 0. The summed E-state index contributed by atoms with van der Waals surface area (Å²) < 4.78 is 0. The molecule has 1 rings (SSSR count). The smallest absolute Gasteiger partial charge is 0.352 e. The normalized spacial score (nSPS) is 10.3. The quantitative estimate of drug-likeness (QED) is 0.726. The molecular weight excluding hydrogens is 274 g/mol. The van der Waals surface area contributed by atoms with Crippen LogP contribution in [0, 0.1) is 13.8 Å². The summed E-state index contributed by atoms with van der Waals surface area (Å²) in [7, 11) is 0. The summed E-state index contributed by atoms with van der Waals surface area (Å²) in [4.78, 5) is 39.3. The minimum absolute atomic E-state index is 0.00455. The fourth-order valence-electron chi connectivity index (χ4n) is 2.20. The molecule has 0 saturated heterocycles. The molecule has 1 aromatic heterocycles. The van der Waals surface area contributed by atoms with Crippen molar-refractivity contribution in [3.05, 3.63) is 22.5 Å². The lowest BCUT2D eigenvalue weighted by molar-refractivity contribution is -0.121. The van der Waals surface area contributed by atoms with E-state index in [2.05, 4.69) is 10.3 Å². The van der Waals surface area contributed by atoms with Gasteiger partial charge in [-0.25, -0.2) is 4.79 Å². The number of aryl methyl sites for hydroxylation is 1. The molecule has 0 spiro atoms. The first kappa shape index (κ1) is 16.7. The summed E-state index contributed by atoms with van der Waals surface area (Å²) in [5, 5.41) is 11.7. The number of nitrogens with zero attached hydrogens (tertiary/aromatic N) is 1. The Kier molecular flexibility index (Phi) is 5.52. The molecule has 0 aliphatic heterocycles. The molecule has 0 fully saturated rings. The third-order valence-electron chi connectivity index (χ3n) is 3.24. The number of amides is 2. The van der Waals surface area contributed by atoms with Crippen molar-refractivity contribution in [2.45, 2.75) is 27.7 Å². The van der Waals surface area contributed by atoms with Gasteiger partial charge in [-0.1, -0.05) is 0 Å². The average Bonchev–Trinajstić information content (AvgIpc) is 2.71. The van der Waals surface area contributed by atoms with Gasteiger partial charge in [0.15, 0.2) is 0 Å². The molecule has 0 bridgehead atoms. The first-order valence-corrected chi connectivity index (χ1v) is 6.81. The second kappa shape index (κ2) is 6.92. The summed E-state index contributed by atoms with van der Waals surface area (Å²) >= 11 is 0. The first-order valence-electron chi connectivity index (χ1n) is 6.81. The van der Waals surface area contributed by atoms with E-state index < -0.39 is 5.97 Å². The molecule has 116 valence electrons. The number of nitrogens with one attached hydrogen (secondary N) is 2. The number of H-pyrrole nitrogens is 1. The van der Waals surface area contributed by atoms with Crippen molar-refractivity contribution in [2.75, 3.05) is 19.6 Å². The number of carbonyl (C=O) groups excluding carboxylic acids is 2. The number of carboxylic acid groups (broad SMARTS) is 1. The van der Waals surface area contributed by atoms with Crippen LogP contribution in [0.25, 0.3) is 0 Å². The molecule has 1 heterocycles. The van der Waals surface area contributed by atoms with Crippen LogP contribution >= 0.6 is 0 Å². The SMILES string of the molecule is CCNC(=O)CN(CC)C(=O)c1c(C)[nH]c(C(=O)O)c1C. The Morgan fingerprint density at radius 2 is 1.86 bits per heavy atom. The van der Waals surface area contributed by atoms with Crippen LogP contribution in [0.2, 0.25) is 0 Å². The van der Waals surface area contributed by atoms with Gasteiger partial charge in [0.2, 0.25) is 5.91 Å². The maximum atomic E-state index is 12.5. The van der Waals surface area contributed by atoms with E-state index in [4.69, 9.17) is 5.11 Å². The van der Waals surface area contributed by atoms with E-state index in [1.54, 1.807) is 27.7 Å². The Morgan fingerprint density at radius 3 is 2.29 bits per heavy atom. The highest BCUT2D eigenvalue weighted by molar-refractivity contribution is 6.02. The summed E-state index contributed by atoms with van der Waals surface area (Å²) in [6.45, 7) is 7.61. The highest BCUT2D eigenvalue weighted by Crippen LogP contribution is 2.19. The van der Waals surface area contributed by atoms with E-state index in [1.807, 2.05) is 0 Å². The van der Waals surface area contributed by atoms with Crippen LogP contribution in [-0.2, 0) is 4.79 Å². The van der Waals surface area contributed by atoms with E-state index in [0.29, 0.717) is 29.9 Å². The molecule has 7 heteroatoms. The molecule has 21 heavy (non-hydrogen) atoms. The lowest BCUT2D eigenvalue weighted by atomic mass is 10.1. The van der Waals surface area contributed by atoms with Gasteiger partial charge in [0.05, 0.1) is 12.1 Å². The third kappa shape index (κ3) is 3.62. The maximum Gasteiger partial charge on any atom is 0.352 e. The van der Waals surface area contributed by atoms with Crippen LogP contribution in [-0.4, -0.2) is 52.4 Å². The maximum absolute atomic E-state index is 12.5. The van der Waals surface area contributed by atoms with Crippen LogP contribution in [0.3, 0.4) is 0 Å². The number of hydrogen-bond donors (Lipinski definition) is 3. The van der Waals surface area contributed by atoms with Crippen molar-refractivity contribution in [3.63, 3.8) is 0 Å². The van der Waals surface area contributed by atoms with Gasteiger partial charge in [-0.05, 0) is 33.3 Å². The van der Waals surface area contributed by atoms with Crippen LogP contribution in [0.1, 0.15) is 46.0 Å². The number of rotatable bonds is 6. The zero-order chi connectivity index (χ0) is 16.2. The van der Waals surface area contributed by atoms with Gasteiger partial charge in [0, 0.05) is 18.8 Å². The second-order valence-corrected chi connectivity index (χ2v) is 4.70. The van der Waals surface area contributed by atoms with Gasteiger partial charge in [0.25, 0.3) is 5.91 Å². The predicted molar refractivity (Wildman–Crippen MR) is 77.5 cm³/mol. The van der Waals surface area contributed by atoms with E-state index in [0.717, 1.165) is 0 Å². The topological polar surface area (TPSA) is 103 Å². The average molecular weight is 295 g/mol. The number of carboxylic acids is 1. The molecule has 7 nitrogen and oxygen atoms in total. The zero-order valence-electron chi connectivity index (χ0n) is 12.7. The largest absolute Gasteiger partial charge is 0.477 e. The lowest BCUT2D eigenvalue weighted by Crippen LogP contribution is -2.40. The monoisotopic (exact) mass is 295 g/mol. The van der Waals surface area contributed by atoms with Crippen LogP contribution in [0.15, 0.2) is 0 Å². The number of aromatic carboxylic acids is 1. The third-order valence-corrected chi connectivity index (χ3v) is 3.24. The number of hydrogen-bond acceptors (Lipinski definition) is 3. The zero-order valence-corrected chi connectivity index (χ0v) is 12.7. The van der Waals surface area contributed by atoms with Crippen molar-refractivity contribution in [1.82, 2.24) is 15.2 Å². The minimum atomic E-state index is -1.11. The Bertz CT molecular complexity index is 563. The van der Waals surface area contributed by atoms with Crippen LogP contribution < -0.4 is 5.32 Å². The molecule has 3 N–H and O–H groups in total. The van der Waals surface area contributed by atoms with E-state index >= 15 is 0 Å². The summed E-state index contributed by atoms with van der Waals surface area (Å²) in [6, 6.07) is 0. The molecule has 1 aromatic rings. The Hall–Kier alpha value is -2.31. The minimum Gasteiger partial charge on any atom is -0.477 e. The molecule has 0 unspecified atom stereocenters. The van der Waals surface area contributed by atoms with Gasteiger partial charge in [-0.15, -0.1) is 0 Å². The standard InChI is InChI=1S/C14H21N3O4/c1-5-15-10(18)7-17(6-2)13(19)11-8(3)12(14(20)21)16-9(11)4/h16H,5-7H2,1-4H3,(H,15,18)(H,20,21). The molecule has 0 radical (unpaired) electrons. The summed E-state index contributed by atoms with van der Waals surface area (Å²) in [5.41, 5.74) is 1.20. The van der Waals surface area contributed by atoms with E-state index in [9.17, 15) is 14.4 Å². The van der Waals surface area contributed by atoms with E-state index in [1.165, 1.54) is 4.90 Å². The number of aromatic amines is 1. The van der Waals surface area contributed by atoms with Crippen LogP contribution in [0.5, 0.6) is 0 Å². The number of likely N-dealkylation sites (N-methyl/N-ethyl adjacent to an activating group) is 2. The molecule has 0 atom stereocenters. The van der Waals surface area contributed by atoms with Gasteiger partial charge in [-0.2, -0.15) is 0 Å². The fraction of sp³-hybridized carbons (Fsp3) is 0.500.